The van der Waals surface area contributed by atoms with Crippen LogP contribution in [0.4, 0.5) is 0 Å². The van der Waals surface area contributed by atoms with Crippen LogP contribution in [-0.4, -0.2) is 29.6 Å². The Bertz CT molecular complexity index is 1270. The lowest BCUT2D eigenvalue weighted by Gasteiger charge is -2.29. The quantitative estimate of drug-likeness (QED) is 0.117. The molecule has 4 aromatic rings. The predicted molar refractivity (Wildman–Crippen MR) is 136 cm³/mol. The van der Waals surface area contributed by atoms with Crippen LogP contribution in [-0.2, 0) is 16.0 Å². The number of esters is 1. The zero-order valence-electron chi connectivity index (χ0n) is 18.0. The summed E-state index contributed by atoms with van der Waals surface area (Å²) in [6.07, 6.45) is 1.85. The van der Waals surface area contributed by atoms with Crippen molar-refractivity contribution in [1.82, 2.24) is 4.98 Å². The summed E-state index contributed by atoms with van der Waals surface area (Å²) in [6.45, 7) is 0. The maximum atomic E-state index is 14.0. The molecular weight excluding hydrogens is 498 g/mol. The molecule has 0 bridgehead atoms. The molecule has 0 aliphatic rings. The second kappa shape index (κ2) is 10.3. The van der Waals surface area contributed by atoms with Gasteiger partial charge in [0.1, 0.15) is 5.41 Å². The number of halogens is 1. The molecule has 3 aromatic carbocycles. The first-order valence-electron chi connectivity index (χ1n) is 10.4. The van der Waals surface area contributed by atoms with E-state index in [2.05, 4.69) is 20.9 Å². The minimum Gasteiger partial charge on any atom is -0.468 e. The maximum Gasteiger partial charge on any atom is 0.321 e. The van der Waals surface area contributed by atoms with Crippen LogP contribution in [0, 0.1) is 5.41 Å². The second-order valence-electron chi connectivity index (χ2n) is 7.67. The molecule has 1 unspecified atom stereocenters. The first-order valence-corrected chi connectivity index (χ1v) is 12.2. The standard InChI is InChI=1S/C27H22BrNO3S/c1-32-26(31)27(18-33-22-8-3-2-4-9-22,25(30)20-11-13-21(28)14-12-20)17-24-23-10-6-5-7-19(23)15-16-29-24/h2-16H,17-18H2,1H3. The molecule has 4 rings (SSSR count). The van der Waals surface area contributed by atoms with Gasteiger partial charge in [0.25, 0.3) is 0 Å². The number of Topliss-reactive ketones (excluding diaryl/α,β-unsaturated/α-hetero) is 1. The monoisotopic (exact) mass is 519 g/mol. The number of methoxy groups -OCH3 is 1. The van der Waals surface area contributed by atoms with E-state index in [-0.39, 0.29) is 18.0 Å². The summed E-state index contributed by atoms with van der Waals surface area (Å²) in [6, 6.07) is 26.6. The Kier molecular flexibility index (Phi) is 7.26. The number of ketones is 1. The summed E-state index contributed by atoms with van der Waals surface area (Å²) in [5.74, 6) is -0.614. The third kappa shape index (κ3) is 5.02. The number of carbonyl (C=O) groups excluding carboxylic acids is 2. The van der Waals surface area contributed by atoms with E-state index in [4.69, 9.17) is 4.74 Å². The average molecular weight is 520 g/mol. The first kappa shape index (κ1) is 23.2. The molecule has 0 saturated carbocycles. The number of pyridine rings is 1. The third-order valence-corrected chi connectivity index (χ3v) is 7.34. The zero-order valence-corrected chi connectivity index (χ0v) is 20.4. The normalized spacial score (nSPS) is 12.8. The average Bonchev–Trinajstić information content (AvgIpc) is 2.87. The van der Waals surface area contributed by atoms with E-state index in [1.807, 2.05) is 60.7 Å². The molecule has 0 N–H and O–H groups in total. The Morgan fingerprint density at radius 1 is 0.939 bits per heavy atom. The number of benzene rings is 3. The van der Waals surface area contributed by atoms with Crippen molar-refractivity contribution in [3.63, 3.8) is 0 Å². The fraction of sp³-hybridized carbons (Fsp3) is 0.148. The van der Waals surface area contributed by atoms with Crippen LogP contribution in [0.2, 0.25) is 0 Å². The molecule has 0 spiro atoms. The molecule has 33 heavy (non-hydrogen) atoms. The highest BCUT2D eigenvalue weighted by atomic mass is 79.9. The van der Waals surface area contributed by atoms with Crippen molar-refractivity contribution < 1.29 is 14.3 Å². The predicted octanol–water partition coefficient (Wildman–Crippen LogP) is 6.37. The van der Waals surface area contributed by atoms with Crippen LogP contribution < -0.4 is 0 Å². The number of aromatic nitrogens is 1. The van der Waals surface area contributed by atoms with Crippen LogP contribution >= 0.6 is 27.7 Å². The van der Waals surface area contributed by atoms with E-state index < -0.39 is 11.4 Å². The summed E-state index contributed by atoms with van der Waals surface area (Å²) in [4.78, 5) is 32.9. The van der Waals surface area contributed by atoms with Crippen molar-refractivity contribution >= 4 is 50.2 Å². The highest BCUT2D eigenvalue weighted by Gasteiger charge is 2.48. The van der Waals surface area contributed by atoms with Gasteiger partial charge < -0.3 is 4.74 Å². The summed E-state index contributed by atoms with van der Waals surface area (Å²) >= 11 is 4.88. The molecule has 1 heterocycles. The number of rotatable bonds is 8. The molecule has 0 aliphatic heterocycles. The Morgan fingerprint density at radius 2 is 1.64 bits per heavy atom. The SMILES string of the molecule is COC(=O)C(CSc1ccccc1)(Cc1nccc2ccccc12)C(=O)c1ccc(Br)cc1. The zero-order chi connectivity index (χ0) is 23.3. The topological polar surface area (TPSA) is 56.3 Å². The van der Waals surface area contributed by atoms with Gasteiger partial charge in [0, 0.05) is 44.4 Å². The highest BCUT2D eigenvalue weighted by Crippen LogP contribution is 2.37. The van der Waals surface area contributed by atoms with Gasteiger partial charge in [-0.1, -0.05) is 70.5 Å². The van der Waals surface area contributed by atoms with Crippen molar-refractivity contribution in [1.29, 1.82) is 0 Å². The van der Waals surface area contributed by atoms with Crippen molar-refractivity contribution in [2.75, 3.05) is 12.9 Å². The molecule has 1 aromatic heterocycles. The molecule has 0 radical (unpaired) electrons. The fourth-order valence-corrected chi connectivity index (χ4v) is 5.20. The maximum absolute atomic E-state index is 14.0. The minimum atomic E-state index is -1.44. The van der Waals surface area contributed by atoms with Crippen molar-refractivity contribution in [2.45, 2.75) is 11.3 Å². The van der Waals surface area contributed by atoms with Gasteiger partial charge in [-0.2, -0.15) is 0 Å². The molecule has 4 nitrogen and oxygen atoms in total. The smallest absolute Gasteiger partial charge is 0.321 e. The van der Waals surface area contributed by atoms with E-state index in [1.165, 1.54) is 18.9 Å². The Labute approximate surface area is 205 Å². The summed E-state index contributed by atoms with van der Waals surface area (Å²) < 4.78 is 6.10. The third-order valence-electron chi connectivity index (χ3n) is 5.57. The summed E-state index contributed by atoms with van der Waals surface area (Å²) in [5.41, 5.74) is -0.296. The lowest BCUT2D eigenvalue weighted by molar-refractivity contribution is -0.148. The Morgan fingerprint density at radius 3 is 2.36 bits per heavy atom. The largest absolute Gasteiger partial charge is 0.468 e. The van der Waals surface area contributed by atoms with E-state index in [0.29, 0.717) is 11.3 Å². The molecule has 0 fully saturated rings. The van der Waals surface area contributed by atoms with Crippen LogP contribution in [0.25, 0.3) is 10.8 Å². The van der Waals surface area contributed by atoms with E-state index in [0.717, 1.165) is 20.1 Å². The van der Waals surface area contributed by atoms with Crippen LogP contribution in [0.5, 0.6) is 0 Å². The number of carbonyl (C=O) groups is 2. The van der Waals surface area contributed by atoms with E-state index in [1.54, 1.807) is 30.5 Å². The van der Waals surface area contributed by atoms with Crippen molar-refractivity contribution in [3.8, 4) is 0 Å². The summed E-state index contributed by atoms with van der Waals surface area (Å²) in [5, 5.41) is 1.93. The second-order valence-corrected chi connectivity index (χ2v) is 9.63. The van der Waals surface area contributed by atoms with Gasteiger partial charge in [0.05, 0.1) is 7.11 Å². The molecule has 0 saturated heterocycles. The lowest BCUT2D eigenvalue weighted by Crippen LogP contribution is -2.45. The van der Waals surface area contributed by atoms with Gasteiger partial charge in [0.15, 0.2) is 5.78 Å². The lowest BCUT2D eigenvalue weighted by atomic mass is 9.77. The van der Waals surface area contributed by atoms with Gasteiger partial charge in [0.2, 0.25) is 0 Å². The Balaban J connectivity index is 1.83. The van der Waals surface area contributed by atoms with Gasteiger partial charge in [-0.05, 0) is 35.7 Å². The van der Waals surface area contributed by atoms with Crippen molar-refractivity contribution in [3.05, 3.63) is 107 Å². The number of hydrogen-bond donors (Lipinski definition) is 0. The molecular formula is C27H22BrNO3S. The van der Waals surface area contributed by atoms with E-state index in [9.17, 15) is 9.59 Å². The first-order chi connectivity index (χ1) is 16.0. The molecule has 0 amide bonds. The van der Waals surface area contributed by atoms with Gasteiger partial charge in [-0.25, -0.2) is 0 Å². The van der Waals surface area contributed by atoms with Crippen LogP contribution in [0.15, 0.2) is 100 Å². The number of hydrogen-bond acceptors (Lipinski definition) is 5. The number of thioether (sulfide) groups is 1. The molecule has 166 valence electrons. The molecule has 6 heteroatoms. The number of fused-ring (bicyclic) bond motifs is 1. The van der Waals surface area contributed by atoms with Crippen molar-refractivity contribution in [2.24, 2.45) is 5.41 Å². The van der Waals surface area contributed by atoms with Gasteiger partial charge in [-0.15, -0.1) is 11.8 Å². The summed E-state index contributed by atoms with van der Waals surface area (Å²) in [7, 11) is 1.33. The molecule has 0 aliphatic carbocycles. The fourth-order valence-electron chi connectivity index (χ4n) is 3.83. The molecule has 1 atom stereocenters. The van der Waals surface area contributed by atoms with Gasteiger partial charge >= 0.3 is 5.97 Å². The highest BCUT2D eigenvalue weighted by molar-refractivity contribution is 9.10. The van der Waals surface area contributed by atoms with Crippen LogP contribution in [0.1, 0.15) is 16.1 Å². The Hall–Kier alpha value is -2.96. The number of nitrogens with zero attached hydrogens (tertiary/aromatic N) is 1. The minimum absolute atomic E-state index is 0.135. The van der Waals surface area contributed by atoms with E-state index >= 15 is 0 Å². The van der Waals surface area contributed by atoms with Gasteiger partial charge in [-0.3, -0.25) is 14.6 Å². The van der Waals surface area contributed by atoms with Crippen LogP contribution in [0.3, 0.4) is 0 Å². The number of ether oxygens (including phenoxy) is 1.